The molecular weight excluding hydrogens is 330 g/mol. The van der Waals surface area contributed by atoms with Crippen LogP contribution < -0.4 is 4.74 Å². The van der Waals surface area contributed by atoms with Crippen molar-refractivity contribution in [1.29, 1.82) is 0 Å². The maximum absolute atomic E-state index is 15.7. The van der Waals surface area contributed by atoms with Crippen LogP contribution in [0.15, 0.2) is 30.0 Å². The zero-order valence-corrected chi connectivity index (χ0v) is 16.2. The number of ether oxygens (including phenoxy) is 1. The van der Waals surface area contributed by atoms with E-state index in [9.17, 15) is 0 Å². The molecule has 1 saturated heterocycles. The number of para-hydroxylation sites is 1. The summed E-state index contributed by atoms with van der Waals surface area (Å²) >= 11 is 0. The van der Waals surface area contributed by atoms with E-state index in [0.717, 1.165) is 37.0 Å². The van der Waals surface area contributed by atoms with Gasteiger partial charge in [-0.25, -0.2) is 4.39 Å². The molecule has 1 aromatic rings. The number of hydrogen-bond acceptors (Lipinski definition) is 3. The van der Waals surface area contributed by atoms with Crippen LogP contribution in [0.3, 0.4) is 0 Å². The molecule has 2 aliphatic heterocycles. The van der Waals surface area contributed by atoms with E-state index in [2.05, 4.69) is 0 Å². The lowest BCUT2D eigenvalue weighted by Crippen LogP contribution is -2.41. The number of fused-ring (bicyclic) bond motifs is 1. The first kappa shape index (κ1) is 18.1. The van der Waals surface area contributed by atoms with Gasteiger partial charge in [-0.15, -0.1) is 0 Å². The Labute approximate surface area is 156 Å². The highest BCUT2D eigenvalue weighted by atomic mass is 19.1. The molecule has 2 heterocycles. The van der Waals surface area contributed by atoms with Crippen molar-refractivity contribution in [3.63, 3.8) is 0 Å². The molecule has 0 bridgehead atoms. The monoisotopic (exact) mass is 358 g/mol. The van der Waals surface area contributed by atoms with Crippen molar-refractivity contribution in [1.82, 2.24) is 0 Å². The van der Waals surface area contributed by atoms with Crippen molar-refractivity contribution in [3.05, 3.63) is 35.6 Å². The summed E-state index contributed by atoms with van der Waals surface area (Å²) in [7, 11) is -0.957. The van der Waals surface area contributed by atoms with Crippen LogP contribution in [0.5, 0.6) is 5.75 Å². The second-order valence-electron chi connectivity index (χ2n) is 8.93. The molecule has 3 aliphatic rings. The number of benzene rings is 1. The molecule has 0 N–H and O–H groups in total. The van der Waals surface area contributed by atoms with E-state index < -0.39 is 18.3 Å². The van der Waals surface area contributed by atoms with Crippen molar-refractivity contribution in [3.8, 4) is 5.75 Å². The fourth-order valence-electron chi connectivity index (χ4n) is 4.27. The van der Waals surface area contributed by atoms with Crippen LogP contribution in [-0.4, -0.2) is 23.9 Å². The fourth-order valence-corrected chi connectivity index (χ4v) is 4.27. The smallest absolute Gasteiger partial charge is 0.486 e. The zero-order chi connectivity index (χ0) is 18.6. The van der Waals surface area contributed by atoms with Crippen LogP contribution in [0.1, 0.15) is 71.8 Å². The first-order valence-electron chi connectivity index (χ1n) is 9.76. The lowest BCUT2D eigenvalue weighted by Gasteiger charge is -2.42. The summed E-state index contributed by atoms with van der Waals surface area (Å²) in [5.74, 6) is 0.780. The minimum atomic E-state index is -0.957. The van der Waals surface area contributed by atoms with Gasteiger partial charge in [0.2, 0.25) is 0 Å². The molecule has 0 radical (unpaired) electrons. The molecule has 4 rings (SSSR count). The largest absolute Gasteiger partial charge is 0.525 e. The Bertz CT molecular complexity index is 719. The van der Waals surface area contributed by atoms with Crippen LogP contribution in [-0.2, 0) is 9.31 Å². The molecule has 0 unspecified atom stereocenters. The first-order chi connectivity index (χ1) is 12.2. The summed E-state index contributed by atoms with van der Waals surface area (Å²) in [6.45, 7) is 7.80. The third-order valence-electron chi connectivity index (χ3n) is 6.55. The summed E-state index contributed by atoms with van der Waals surface area (Å²) in [6, 6.07) is 7.76. The SMILES string of the molecule is CC1(C)OB(C(F)=C2CC3(CCCCC3)Oc3ccccc32)OC1(C)C. The van der Waals surface area contributed by atoms with Gasteiger partial charge < -0.3 is 14.0 Å². The van der Waals surface area contributed by atoms with E-state index in [1.807, 2.05) is 52.0 Å². The Morgan fingerprint density at radius 1 is 0.962 bits per heavy atom. The molecule has 1 aromatic carbocycles. The molecule has 0 aromatic heterocycles. The second kappa shape index (κ2) is 6.10. The average Bonchev–Trinajstić information content (AvgIpc) is 2.82. The van der Waals surface area contributed by atoms with E-state index in [-0.39, 0.29) is 11.3 Å². The van der Waals surface area contributed by atoms with Crippen molar-refractivity contribution in [2.24, 2.45) is 0 Å². The fraction of sp³-hybridized carbons (Fsp3) is 0.619. The molecule has 1 saturated carbocycles. The topological polar surface area (TPSA) is 27.7 Å². The van der Waals surface area contributed by atoms with Crippen LogP contribution in [0.2, 0.25) is 0 Å². The summed E-state index contributed by atoms with van der Waals surface area (Å²) < 4.78 is 34.0. The summed E-state index contributed by atoms with van der Waals surface area (Å²) in [6.07, 6.45) is 6.02. The summed E-state index contributed by atoms with van der Waals surface area (Å²) in [5.41, 5.74) is -0.179. The molecular formula is C21H28BFO3. The van der Waals surface area contributed by atoms with E-state index in [0.29, 0.717) is 12.0 Å². The molecule has 0 amide bonds. The van der Waals surface area contributed by atoms with Gasteiger partial charge >= 0.3 is 7.12 Å². The Hall–Kier alpha value is -1.33. The quantitative estimate of drug-likeness (QED) is 0.622. The minimum Gasteiger partial charge on any atom is -0.486 e. The van der Waals surface area contributed by atoms with Gasteiger partial charge in [0.25, 0.3) is 0 Å². The van der Waals surface area contributed by atoms with Gasteiger partial charge in [0.05, 0.1) is 11.2 Å². The third-order valence-corrected chi connectivity index (χ3v) is 6.55. The first-order valence-corrected chi connectivity index (χ1v) is 9.76. The average molecular weight is 358 g/mol. The van der Waals surface area contributed by atoms with Gasteiger partial charge in [0.1, 0.15) is 17.1 Å². The van der Waals surface area contributed by atoms with Gasteiger partial charge in [-0.1, -0.05) is 24.6 Å². The van der Waals surface area contributed by atoms with Gasteiger partial charge in [-0.2, -0.15) is 0 Å². The second-order valence-corrected chi connectivity index (χ2v) is 8.93. The van der Waals surface area contributed by atoms with Gasteiger partial charge in [0, 0.05) is 12.0 Å². The van der Waals surface area contributed by atoms with Gasteiger partial charge in [-0.05, 0) is 65.0 Å². The van der Waals surface area contributed by atoms with Crippen LogP contribution in [0.4, 0.5) is 4.39 Å². The van der Waals surface area contributed by atoms with Crippen molar-refractivity contribution >= 4 is 12.7 Å². The van der Waals surface area contributed by atoms with Crippen molar-refractivity contribution in [2.75, 3.05) is 0 Å². The van der Waals surface area contributed by atoms with E-state index in [1.165, 1.54) is 6.42 Å². The van der Waals surface area contributed by atoms with Crippen molar-refractivity contribution in [2.45, 2.75) is 83.0 Å². The molecule has 140 valence electrons. The van der Waals surface area contributed by atoms with Gasteiger partial charge in [0.15, 0.2) is 0 Å². The Balaban J connectivity index is 1.75. The Kier molecular flexibility index (Phi) is 4.24. The van der Waals surface area contributed by atoms with E-state index >= 15 is 4.39 Å². The van der Waals surface area contributed by atoms with E-state index in [4.69, 9.17) is 14.0 Å². The van der Waals surface area contributed by atoms with Gasteiger partial charge in [-0.3, -0.25) is 0 Å². The number of rotatable bonds is 1. The normalized spacial score (nSPS) is 27.8. The Morgan fingerprint density at radius 3 is 2.23 bits per heavy atom. The lowest BCUT2D eigenvalue weighted by molar-refractivity contribution is 0.00578. The Morgan fingerprint density at radius 2 is 1.58 bits per heavy atom. The molecule has 2 fully saturated rings. The number of halogens is 1. The highest BCUT2D eigenvalue weighted by Crippen LogP contribution is 2.49. The number of hydrogen-bond donors (Lipinski definition) is 0. The molecule has 0 atom stereocenters. The summed E-state index contributed by atoms with van der Waals surface area (Å²) in [5, 5.41) is 0. The maximum atomic E-state index is 15.7. The van der Waals surface area contributed by atoms with Crippen LogP contribution in [0, 0.1) is 0 Å². The molecule has 3 nitrogen and oxygen atoms in total. The molecule has 26 heavy (non-hydrogen) atoms. The lowest BCUT2D eigenvalue weighted by atomic mass is 9.73. The third kappa shape index (κ3) is 2.89. The highest BCUT2D eigenvalue weighted by molar-refractivity contribution is 6.55. The standard InChI is InChI=1S/C21H28BFO3/c1-19(2)20(3,4)26-22(25-19)18(23)16-14-21(12-8-5-9-13-21)24-17-11-7-6-10-15(16)17/h6-7,10-11H,5,8-9,12-14H2,1-4H3. The van der Waals surface area contributed by atoms with Crippen LogP contribution >= 0.6 is 0 Å². The zero-order valence-electron chi connectivity index (χ0n) is 16.2. The van der Waals surface area contributed by atoms with Crippen LogP contribution in [0.25, 0.3) is 5.57 Å². The predicted molar refractivity (Wildman–Crippen MR) is 102 cm³/mol. The molecule has 1 aliphatic carbocycles. The predicted octanol–water partition coefficient (Wildman–Crippen LogP) is 5.48. The maximum Gasteiger partial charge on any atom is 0.525 e. The molecule has 1 spiro atoms. The van der Waals surface area contributed by atoms with E-state index in [1.54, 1.807) is 0 Å². The summed E-state index contributed by atoms with van der Waals surface area (Å²) in [4.78, 5) is 0. The minimum absolute atomic E-state index is 0.289. The molecule has 5 heteroatoms. The highest BCUT2D eigenvalue weighted by Gasteiger charge is 2.54. The van der Waals surface area contributed by atoms with Crippen molar-refractivity contribution < 1.29 is 18.4 Å².